The van der Waals surface area contributed by atoms with Gasteiger partial charge in [-0.2, -0.15) is 0 Å². The Morgan fingerprint density at radius 3 is 2.66 bits per heavy atom. The molecule has 8 heteroatoms. The van der Waals surface area contributed by atoms with Crippen molar-refractivity contribution < 1.29 is 22.7 Å². The molecule has 2 aromatic rings. The Morgan fingerprint density at radius 2 is 2.03 bits per heavy atom. The Labute approximate surface area is 171 Å². The Balaban J connectivity index is 1.82. The number of anilines is 1. The third-order valence-electron chi connectivity index (χ3n) is 4.97. The van der Waals surface area contributed by atoms with E-state index >= 15 is 0 Å². The van der Waals surface area contributed by atoms with Gasteiger partial charge in [0.2, 0.25) is 10.0 Å². The monoisotopic (exact) mass is 418 g/mol. The minimum absolute atomic E-state index is 0.0697. The number of fused-ring (bicyclic) bond motifs is 1. The summed E-state index contributed by atoms with van der Waals surface area (Å²) in [4.78, 5) is 12.9. The van der Waals surface area contributed by atoms with Crippen molar-refractivity contribution in [2.75, 3.05) is 24.2 Å². The molecule has 1 N–H and O–H groups in total. The van der Waals surface area contributed by atoms with Gasteiger partial charge in [-0.25, -0.2) is 8.42 Å². The summed E-state index contributed by atoms with van der Waals surface area (Å²) in [5.74, 6) is 0.803. The first-order valence-electron chi connectivity index (χ1n) is 9.43. The maximum Gasteiger partial charge on any atom is 0.263 e. The zero-order valence-electron chi connectivity index (χ0n) is 17.0. The third-order valence-corrected chi connectivity index (χ3v) is 6.12. The summed E-state index contributed by atoms with van der Waals surface area (Å²) in [7, 11) is -1.93. The average Bonchev–Trinajstić information content (AvgIpc) is 2.70. The normalized spacial score (nSPS) is 17.1. The Kier molecular flexibility index (Phi) is 6.02. The molecule has 1 amide bonds. The molecule has 1 aliphatic heterocycles. The van der Waals surface area contributed by atoms with Crippen LogP contribution in [0.3, 0.4) is 0 Å². The zero-order chi connectivity index (χ0) is 21.2. The number of para-hydroxylation sites is 2. The SMILES string of the molecule is CC[C@@H](NC(=O)[C@H]1CN(S(C)(=O)=O)c2ccccc2O1)c1ccc(OC)c(C)c1. The van der Waals surface area contributed by atoms with Gasteiger partial charge in [0.25, 0.3) is 5.91 Å². The summed E-state index contributed by atoms with van der Waals surface area (Å²) in [6.45, 7) is 3.85. The van der Waals surface area contributed by atoms with Crippen LogP contribution in [-0.2, 0) is 14.8 Å². The van der Waals surface area contributed by atoms with Crippen molar-refractivity contribution in [2.45, 2.75) is 32.4 Å². The highest BCUT2D eigenvalue weighted by Gasteiger charge is 2.35. The molecule has 0 spiro atoms. The van der Waals surface area contributed by atoms with Gasteiger partial charge in [-0.1, -0.05) is 31.2 Å². The number of nitrogens with zero attached hydrogens (tertiary/aromatic N) is 1. The first-order chi connectivity index (χ1) is 13.7. The van der Waals surface area contributed by atoms with E-state index in [0.29, 0.717) is 17.9 Å². The maximum absolute atomic E-state index is 12.9. The molecule has 0 aliphatic carbocycles. The number of aryl methyl sites for hydroxylation is 1. The predicted molar refractivity (Wildman–Crippen MR) is 112 cm³/mol. The van der Waals surface area contributed by atoms with E-state index in [-0.39, 0.29) is 18.5 Å². The van der Waals surface area contributed by atoms with Crippen molar-refractivity contribution in [1.82, 2.24) is 5.32 Å². The van der Waals surface area contributed by atoms with Gasteiger partial charge < -0.3 is 14.8 Å². The van der Waals surface area contributed by atoms with E-state index in [9.17, 15) is 13.2 Å². The number of sulfonamides is 1. The number of rotatable bonds is 6. The third kappa shape index (κ3) is 4.48. The second-order valence-electron chi connectivity index (χ2n) is 7.07. The smallest absolute Gasteiger partial charge is 0.263 e. The van der Waals surface area contributed by atoms with Crippen molar-refractivity contribution in [3.8, 4) is 11.5 Å². The van der Waals surface area contributed by atoms with Gasteiger partial charge in [-0.05, 0) is 42.7 Å². The van der Waals surface area contributed by atoms with Crippen LogP contribution >= 0.6 is 0 Å². The lowest BCUT2D eigenvalue weighted by Gasteiger charge is -2.34. The van der Waals surface area contributed by atoms with Crippen molar-refractivity contribution in [3.05, 3.63) is 53.6 Å². The van der Waals surface area contributed by atoms with E-state index in [0.717, 1.165) is 23.1 Å². The number of methoxy groups -OCH3 is 1. The molecule has 0 radical (unpaired) electrons. The molecule has 0 aromatic heterocycles. The zero-order valence-corrected chi connectivity index (χ0v) is 17.8. The number of carbonyl (C=O) groups excluding carboxylic acids is 1. The molecule has 0 fully saturated rings. The highest BCUT2D eigenvalue weighted by atomic mass is 32.2. The van der Waals surface area contributed by atoms with Gasteiger partial charge in [0.05, 0.1) is 31.6 Å². The number of amides is 1. The minimum Gasteiger partial charge on any atom is -0.496 e. The average molecular weight is 419 g/mol. The molecule has 2 aromatic carbocycles. The van der Waals surface area contributed by atoms with Gasteiger partial charge in [-0.3, -0.25) is 9.10 Å². The fourth-order valence-corrected chi connectivity index (χ4v) is 4.37. The lowest BCUT2D eigenvalue weighted by atomic mass is 10.0. The Bertz CT molecular complexity index is 1010. The van der Waals surface area contributed by atoms with Gasteiger partial charge in [-0.15, -0.1) is 0 Å². The number of hydrogen-bond donors (Lipinski definition) is 1. The second-order valence-corrected chi connectivity index (χ2v) is 8.97. The summed E-state index contributed by atoms with van der Waals surface area (Å²) in [6, 6.07) is 12.4. The van der Waals surface area contributed by atoms with Crippen LogP contribution in [0.25, 0.3) is 0 Å². The molecule has 0 saturated heterocycles. The molecule has 0 bridgehead atoms. The molecule has 0 unspecified atom stereocenters. The molecule has 1 aliphatic rings. The predicted octanol–water partition coefficient (Wildman–Crippen LogP) is 2.80. The molecule has 0 saturated carbocycles. The van der Waals surface area contributed by atoms with Crippen molar-refractivity contribution in [2.24, 2.45) is 0 Å². The van der Waals surface area contributed by atoms with Gasteiger partial charge >= 0.3 is 0 Å². The van der Waals surface area contributed by atoms with Crippen LogP contribution in [0.15, 0.2) is 42.5 Å². The second kappa shape index (κ2) is 8.32. The summed E-state index contributed by atoms with van der Waals surface area (Å²) < 4.78 is 36.8. The van der Waals surface area contributed by atoms with Crippen LogP contribution in [0, 0.1) is 6.92 Å². The Morgan fingerprint density at radius 1 is 1.31 bits per heavy atom. The van der Waals surface area contributed by atoms with E-state index < -0.39 is 16.1 Å². The topological polar surface area (TPSA) is 84.9 Å². The van der Waals surface area contributed by atoms with Crippen molar-refractivity contribution in [3.63, 3.8) is 0 Å². The van der Waals surface area contributed by atoms with Crippen LogP contribution in [0.5, 0.6) is 11.5 Å². The number of carbonyl (C=O) groups is 1. The minimum atomic E-state index is -3.55. The van der Waals surface area contributed by atoms with Gasteiger partial charge in [0.1, 0.15) is 11.5 Å². The summed E-state index contributed by atoms with van der Waals surface area (Å²) in [5, 5.41) is 2.99. The summed E-state index contributed by atoms with van der Waals surface area (Å²) >= 11 is 0. The largest absolute Gasteiger partial charge is 0.496 e. The summed E-state index contributed by atoms with van der Waals surface area (Å²) in [5.41, 5.74) is 2.37. The van der Waals surface area contributed by atoms with Crippen LogP contribution in [-0.4, -0.2) is 40.3 Å². The lowest BCUT2D eigenvalue weighted by Crippen LogP contribution is -2.51. The van der Waals surface area contributed by atoms with Crippen molar-refractivity contribution >= 4 is 21.6 Å². The standard InChI is InChI=1S/C21H26N2O5S/c1-5-16(15-10-11-18(27-3)14(2)12-15)22-21(24)20-13-23(29(4,25)26)17-8-6-7-9-19(17)28-20/h6-12,16,20H,5,13H2,1-4H3,(H,22,24)/t16-,20-/m1/s1. The van der Waals surface area contributed by atoms with E-state index in [1.807, 2.05) is 32.0 Å². The van der Waals surface area contributed by atoms with Crippen LogP contribution in [0.1, 0.15) is 30.5 Å². The molecular weight excluding hydrogens is 392 g/mol. The van der Waals surface area contributed by atoms with E-state index in [2.05, 4.69) is 5.32 Å². The Hall–Kier alpha value is -2.74. The van der Waals surface area contributed by atoms with E-state index in [1.165, 1.54) is 4.31 Å². The number of nitrogens with one attached hydrogen (secondary N) is 1. The number of hydrogen-bond acceptors (Lipinski definition) is 5. The maximum atomic E-state index is 12.9. The highest BCUT2D eigenvalue weighted by Crippen LogP contribution is 2.35. The molecule has 2 atom stereocenters. The quantitative estimate of drug-likeness (QED) is 0.780. The molecule has 1 heterocycles. The lowest BCUT2D eigenvalue weighted by molar-refractivity contribution is -0.128. The first kappa shape index (κ1) is 21.0. The highest BCUT2D eigenvalue weighted by molar-refractivity contribution is 7.92. The molecule has 3 rings (SSSR count). The summed E-state index contributed by atoms with van der Waals surface area (Å²) in [6.07, 6.45) is 0.864. The van der Waals surface area contributed by atoms with Crippen LogP contribution in [0.4, 0.5) is 5.69 Å². The van der Waals surface area contributed by atoms with E-state index in [1.54, 1.807) is 31.4 Å². The number of ether oxygens (including phenoxy) is 2. The molecule has 7 nitrogen and oxygen atoms in total. The fraction of sp³-hybridized carbons (Fsp3) is 0.381. The van der Waals surface area contributed by atoms with Gasteiger partial charge in [0, 0.05) is 0 Å². The molecule has 156 valence electrons. The van der Waals surface area contributed by atoms with Crippen LogP contribution < -0.4 is 19.1 Å². The number of benzene rings is 2. The molecule has 29 heavy (non-hydrogen) atoms. The van der Waals surface area contributed by atoms with Crippen LogP contribution in [0.2, 0.25) is 0 Å². The first-order valence-corrected chi connectivity index (χ1v) is 11.3. The molecular formula is C21H26N2O5S. The fourth-order valence-electron chi connectivity index (χ4n) is 3.46. The van der Waals surface area contributed by atoms with E-state index in [4.69, 9.17) is 9.47 Å². The van der Waals surface area contributed by atoms with Gasteiger partial charge in [0.15, 0.2) is 6.10 Å². The van der Waals surface area contributed by atoms with Crippen molar-refractivity contribution in [1.29, 1.82) is 0 Å².